The Morgan fingerprint density at radius 2 is 1.93 bits per heavy atom. The highest BCUT2D eigenvalue weighted by atomic mass is 16.6. The second kappa shape index (κ2) is 6.14. The van der Waals surface area contributed by atoms with Gasteiger partial charge in [0.1, 0.15) is 5.60 Å². The molecule has 3 atom stereocenters. The van der Waals surface area contributed by atoms with Crippen molar-refractivity contribution in [3.05, 3.63) is 58.7 Å². The number of benzene rings is 1. The zero-order valence-corrected chi connectivity index (χ0v) is 15.8. The molecule has 0 amide bonds. The fourth-order valence-corrected chi connectivity index (χ4v) is 4.75. The van der Waals surface area contributed by atoms with Crippen molar-refractivity contribution in [3.63, 3.8) is 0 Å². The monoisotopic (exact) mass is 368 g/mol. The van der Waals surface area contributed by atoms with Crippen LogP contribution in [0.15, 0.2) is 53.1 Å². The van der Waals surface area contributed by atoms with E-state index in [1.54, 1.807) is 19.1 Å². The number of hydrogen-bond acceptors (Lipinski definition) is 5. The molecule has 0 radical (unpaired) electrons. The number of carbonyl (C=O) groups is 2. The summed E-state index contributed by atoms with van der Waals surface area (Å²) in [5.41, 5.74) is 1.63. The van der Waals surface area contributed by atoms with Crippen LogP contribution in [-0.2, 0) is 19.1 Å². The van der Waals surface area contributed by atoms with Gasteiger partial charge in [-0.1, -0.05) is 35.9 Å². The number of fused-ring (bicyclic) bond motifs is 1. The molecule has 1 saturated carbocycles. The molecule has 0 unspecified atom stereocenters. The first-order valence-electron chi connectivity index (χ1n) is 9.27. The van der Waals surface area contributed by atoms with E-state index in [0.29, 0.717) is 17.6 Å². The highest BCUT2D eigenvalue weighted by molar-refractivity contribution is 5.98. The Balaban J connectivity index is 1.69. The van der Waals surface area contributed by atoms with Gasteiger partial charge in [0.25, 0.3) is 0 Å². The molecule has 1 aromatic carbocycles. The van der Waals surface area contributed by atoms with E-state index in [4.69, 9.17) is 9.47 Å². The number of ketones is 1. The van der Waals surface area contributed by atoms with Gasteiger partial charge in [-0.2, -0.15) is 0 Å². The van der Waals surface area contributed by atoms with Crippen LogP contribution in [0.2, 0.25) is 0 Å². The third kappa shape index (κ3) is 2.60. The number of methoxy groups -OCH3 is 1. The number of carbonyl (C=O) groups excluding carboxylic acids is 2. The number of rotatable bonds is 4. The van der Waals surface area contributed by atoms with Crippen LogP contribution in [-0.4, -0.2) is 35.7 Å². The van der Waals surface area contributed by atoms with Crippen LogP contribution in [0.25, 0.3) is 0 Å². The van der Waals surface area contributed by atoms with Gasteiger partial charge in [-0.15, -0.1) is 0 Å². The van der Waals surface area contributed by atoms with Crippen LogP contribution < -0.4 is 0 Å². The number of hydrogen-bond donors (Lipinski definition) is 1. The molecule has 0 bridgehead atoms. The molecule has 0 heterocycles. The molecule has 1 aromatic rings. The molecule has 142 valence electrons. The Morgan fingerprint density at radius 3 is 2.52 bits per heavy atom. The summed E-state index contributed by atoms with van der Waals surface area (Å²) in [7, 11) is 1.45. The van der Waals surface area contributed by atoms with Crippen molar-refractivity contribution >= 4 is 11.8 Å². The summed E-state index contributed by atoms with van der Waals surface area (Å²) in [6.07, 6.45) is 1.74. The smallest absolute Gasteiger partial charge is 0.340 e. The molecule has 4 rings (SSSR count). The Kier molecular flexibility index (Phi) is 4.13. The third-order valence-electron chi connectivity index (χ3n) is 6.48. The Labute approximate surface area is 158 Å². The van der Waals surface area contributed by atoms with Crippen LogP contribution in [0.3, 0.4) is 0 Å². The minimum Gasteiger partial charge on any atom is -0.452 e. The molecule has 3 aliphatic carbocycles. The minimum absolute atomic E-state index is 0.0137. The van der Waals surface area contributed by atoms with Crippen LogP contribution in [0.1, 0.15) is 44.8 Å². The second-order valence-corrected chi connectivity index (χ2v) is 7.92. The lowest BCUT2D eigenvalue weighted by Gasteiger charge is -2.45. The van der Waals surface area contributed by atoms with E-state index in [1.165, 1.54) is 13.2 Å². The maximum absolute atomic E-state index is 12.9. The van der Waals surface area contributed by atoms with Crippen LogP contribution in [0.5, 0.6) is 0 Å². The Morgan fingerprint density at radius 1 is 1.26 bits per heavy atom. The van der Waals surface area contributed by atoms with Crippen molar-refractivity contribution in [2.24, 2.45) is 5.41 Å². The molecular weight excluding hydrogens is 344 g/mol. The standard InChI is InChI=1S/C22H24O5/c1-13-16-11-15(23)12-17(16)19(21(2,25)22(13)9-10-22)27-20(24)18(26-3)14-7-5-4-6-8-14/h4-8,12,18-19,25H,9-11H2,1-3H3/t18-,19+,21+/m0/s1. The fraction of sp³-hybridized carbons (Fsp3) is 0.455. The highest BCUT2D eigenvalue weighted by Crippen LogP contribution is 2.66. The lowest BCUT2D eigenvalue weighted by atomic mass is 9.67. The molecule has 1 fully saturated rings. The highest BCUT2D eigenvalue weighted by Gasteiger charge is 2.66. The van der Waals surface area contributed by atoms with Crippen molar-refractivity contribution in [1.82, 2.24) is 0 Å². The molecule has 1 spiro atoms. The van der Waals surface area contributed by atoms with Gasteiger partial charge in [-0.3, -0.25) is 4.79 Å². The SMILES string of the molecule is CO[C@H](C(=O)O[C@@H]1C2=CC(=O)CC2=C(C)C2(CC2)[C@]1(C)O)c1ccccc1. The summed E-state index contributed by atoms with van der Waals surface area (Å²) >= 11 is 0. The third-order valence-corrected chi connectivity index (χ3v) is 6.48. The molecular formula is C22H24O5. The van der Waals surface area contributed by atoms with E-state index in [-0.39, 0.29) is 5.78 Å². The zero-order valence-electron chi connectivity index (χ0n) is 15.8. The van der Waals surface area contributed by atoms with Gasteiger partial charge >= 0.3 is 5.97 Å². The normalized spacial score (nSPS) is 29.4. The van der Waals surface area contributed by atoms with E-state index >= 15 is 0 Å². The molecule has 0 aromatic heterocycles. The van der Waals surface area contributed by atoms with Gasteiger partial charge < -0.3 is 14.6 Å². The molecule has 0 aliphatic heterocycles. The first-order valence-corrected chi connectivity index (χ1v) is 9.27. The summed E-state index contributed by atoms with van der Waals surface area (Å²) in [6.45, 7) is 3.70. The average Bonchev–Trinajstić information content (AvgIpc) is 3.37. The maximum Gasteiger partial charge on any atom is 0.340 e. The average molecular weight is 368 g/mol. The maximum atomic E-state index is 12.9. The molecule has 3 aliphatic rings. The predicted octanol–water partition coefficient (Wildman–Crippen LogP) is 3.05. The lowest BCUT2D eigenvalue weighted by Crippen LogP contribution is -2.54. The van der Waals surface area contributed by atoms with Crippen molar-refractivity contribution in [1.29, 1.82) is 0 Å². The van der Waals surface area contributed by atoms with Crippen molar-refractivity contribution in [2.45, 2.75) is 50.9 Å². The van der Waals surface area contributed by atoms with E-state index in [9.17, 15) is 14.7 Å². The molecule has 5 nitrogen and oxygen atoms in total. The largest absolute Gasteiger partial charge is 0.452 e. The van der Waals surface area contributed by atoms with E-state index in [0.717, 1.165) is 24.0 Å². The Hall–Kier alpha value is -2.24. The van der Waals surface area contributed by atoms with E-state index in [2.05, 4.69) is 0 Å². The van der Waals surface area contributed by atoms with E-state index < -0.39 is 29.2 Å². The first kappa shape index (κ1) is 18.1. The number of esters is 1. The first-order chi connectivity index (χ1) is 12.8. The number of aliphatic hydroxyl groups is 1. The zero-order chi connectivity index (χ0) is 19.4. The van der Waals surface area contributed by atoms with Crippen LogP contribution >= 0.6 is 0 Å². The summed E-state index contributed by atoms with van der Waals surface area (Å²) in [4.78, 5) is 25.0. The lowest BCUT2D eigenvalue weighted by molar-refractivity contribution is -0.177. The number of allylic oxidation sites excluding steroid dienone is 1. The van der Waals surface area contributed by atoms with Gasteiger partial charge in [0, 0.05) is 24.5 Å². The molecule has 27 heavy (non-hydrogen) atoms. The van der Waals surface area contributed by atoms with Gasteiger partial charge in [0.15, 0.2) is 18.0 Å². The van der Waals surface area contributed by atoms with Crippen molar-refractivity contribution < 1.29 is 24.2 Å². The summed E-state index contributed by atoms with van der Waals surface area (Å²) in [5.74, 6) is -0.579. The predicted molar refractivity (Wildman–Crippen MR) is 98.8 cm³/mol. The molecule has 0 saturated heterocycles. The van der Waals surface area contributed by atoms with E-state index in [1.807, 2.05) is 25.1 Å². The van der Waals surface area contributed by atoms with Gasteiger partial charge in [-0.05, 0) is 43.9 Å². The molecule has 5 heteroatoms. The summed E-state index contributed by atoms with van der Waals surface area (Å²) < 4.78 is 11.2. The van der Waals surface area contributed by atoms with Gasteiger partial charge in [-0.25, -0.2) is 4.79 Å². The van der Waals surface area contributed by atoms with Gasteiger partial charge in [0.2, 0.25) is 0 Å². The molecule has 1 N–H and O–H groups in total. The minimum atomic E-state index is -1.26. The van der Waals surface area contributed by atoms with Gasteiger partial charge in [0.05, 0.1) is 0 Å². The topological polar surface area (TPSA) is 72.8 Å². The second-order valence-electron chi connectivity index (χ2n) is 7.92. The fourth-order valence-electron chi connectivity index (χ4n) is 4.75. The van der Waals surface area contributed by atoms with Crippen LogP contribution in [0.4, 0.5) is 0 Å². The quantitative estimate of drug-likeness (QED) is 0.827. The van der Waals surface area contributed by atoms with Crippen molar-refractivity contribution in [3.8, 4) is 0 Å². The van der Waals surface area contributed by atoms with Crippen LogP contribution in [0, 0.1) is 5.41 Å². The van der Waals surface area contributed by atoms with Crippen molar-refractivity contribution in [2.75, 3.05) is 7.11 Å². The number of ether oxygens (including phenoxy) is 2. The Bertz CT molecular complexity index is 858. The summed E-state index contributed by atoms with van der Waals surface area (Å²) in [6, 6.07) is 9.11. The summed E-state index contributed by atoms with van der Waals surface area (Å²) in [5, 5.41) is 11.4.